The number of benzene rings is 2. The number of hydrogen-bond donors (Lipinski definition) is 1. The van der Waals surface area contributed by atoms with Crippen molar-refractivity contribution in [3.8, 4) is 0 Å². The average molecular weight is 294 g/mol. The van der Waals surface area contributed by atoms with E-state index in [1.807, 2.05) is 31.2 Å². The van der Waals surface area contributed by atoms with Gasteiger partial charge >= 0.3 is 6.18 Å². The fourth-order valence-electron chi connectivity index (χ4n) is 2.10. The monoisotopic (exact) mass is 294 g/mol. The van der Waals surface area contributed by atoms with Gasteiger partial charge in [-0.25, -0.2) is 0 Å². The maximum Gasteiger partial charge on any atom is 0.418 e. The second-order valence-electron chi connectivity index (χ2n) is 4.85. The zero-order valence-corrected chi connectivity index (χ0v) is 11.9. The van der Waals surface area contributed by atoms with E-state index < -0.39 is 11.7 Å². The summed E-state index contributed by atoms with van der Waals surface area (Å²) in [6.45, 7) is 2.05. The smallest absolute Gasteiger partial charge is 0.398 e. The maximum absolute atomic E-state index is 12.9. The summed E-state index contributed by atoms with van der Waals surface area (Å²) in [5, 5.41) is 0. The van der Waals surface area contributed by atoms with Gasteiger partial charge in [-0.15, -0.1) is 0 Å². The summed E-state index contributed by atoms with van der Waals surface area (Å²) >= 11 is 0. The number of nitrogens with two attached hydrogens (primary N) is 1. The van der Waals surface area contributed by atoms with E-state index in [9.17, 15) is 13.2 Å². The van der Waals surface area contributed by atoms with E-state index in [1.54, 1.807) is 18.0 Å². The van der Waals surface area contributed by atoms with Crippen LogP contribution in [0.1, 0.15) is 18.1 Å². The molecule has 0 heterocycles. The third-order valence-corrected chi connectivity index (χ3v) is 3.46. The molecule has 5 heteroatoms. The van der Waals surface area contributed by atoms with Crippen LogP contribution < -0.4 is 10.6 Å². The van der Waals surface area contributed by atoms with Gasteiger partial charge in [0.15, 0.2) is 0 Å². The van der Waals surface area contributed by atoms with E-state index in [0.717, 1.165) is 18.2 Å². The summed E-state index contributed by atoms with van der Waals surface area (Å²) in [7, 11) is 1.73. The van der Waals surface area contributed by atoms with Crippen molar-refractivity contribution in [2.75, 3.05) is 17.7 Å². The Bertz CT molecular complexity index is 618. The molecule has 0 saturated heterocycles. The predicted molar refractivity (Wildman–Crippen MR) is 79.7 cm³/mol. The van der Waals surface area contributed by atoms with Crippen LogP contribution in [0.25, 0.3) is 0 Å². The molecule has 2 aromatic carbocycles. The molecule has 2 rings (SSSR count). The number of rotatable bonds is 3. The van der Waals surface area contributed by atoms with Crippen LogP contribution in [0.2, 0.25) is 0 Å². The van der Waals surface area contributed by atoms with E-state index in [4.69, 9.17) is 5.73 Å². The van der Waals surface area contributed by atoms with E-state index >= 15 is 0 Å². The summed E-state index contributed by atoms with van der Waals surface area (Å²) in [5.74, 6) is 0. The van der Waals surface area contributed by atoms with Crippen molar-refractivity contribution in [1.82, 2.24) is 0 Å². The van der Waals surface area contributed by atoms with E-state index in [0.29, 0.717) is 5.69 Å². The van der Waals surface area contributed by atoms with Crippen molar-refractivity contribution in [1.29, 1.82) is 0 Å². The van der Waals surface area contributed by atoms with Crippen molar-refractivity contribution < 1.29 is 13.2 Å². The van der Waals surface area contributed by atoms with Crippen LogP contribution in [0, 0.1) is 0 Å². The number of nitrogens with zero attached hydrogens (tertiary/aromatic N) is 1. The molecule has 2 aromatic rings. The molecule has 2 N–H and O–H groups in total. The molecule has 0 radical (unpaired) electrons. The highest BCUT2D eigenvalue weighted by molar-refractivity contribution is 5.67. The molecule has 0 atom stereocenters. The van der Waals surface area contributed by atoms with Crippen LogP contribution in [0.5, 0.6) is 0 Å². The summed E-state index contributed by atoms with van der Waals surface area (Å²) in [4.78, 5) is 1.70. The van der Waals surface area contributed by atoms with Crippen molar-refractivity contribution in [3.05, 3.63) is 53.6 Å². The second-order valence-corrected chi connectivity index (χ2v) is 4.85. The summed E-state index contributed by atoms with van der Waals surface area (Å²) in [6, 6.07) is 11.7. The fourth-order valence-corrected chi connectivity index (χ4v) is 2.10. The minimum absolute atomic E-state index is 0.263. The van der Waals surface area contributed by atoms with E-state index in [2.05, 4.69) is 0 Å². The number of aryl methyl sites for hydroxylation is 1. The standard InChI is InChI=1S/C16H17F3N2/c1-3-11-4-6-12(7-5-11)21(2)13-8-9-15(20)14(10-13)16(17,18)19/h4-10H,3,20H2,1-2H3. The highest BCUT2D eigenvalue weighted by Crippen LogP contribution is 2.37. The van der Waals surface area contributed by atoms with Crippen LogP contribution in [-0.4, -0.2) is 7.05 Å². The highest BCUT2D eigenvalue weighted by Gasteiger charge is 2.33. The Hall–Kier alpha value is -2.17. The van der Waals surface area contributed by atoms with Gasteiger partial charge in [-0.1, -0.05) is 19.1 Å². The molecule has 0 aliphatic heterocycles. The Morgan fingerprint density at radius 1 is 1.00 bits per heavy atom. The summed E-state index contributed by atoms with van der Waals surface area (Å²) in [5.41, 5.74) is 6.79. The third kappa shape index (κ3) is 3.29. The molecule has 0 bridgehead atoms. The van der Waals surface area contributed by atoms with Crippen molar-refractivity contribution in [3.63, 3.8) is 0 Å². The zero-order chi connectivity index (χ0) is 15.6. The van der Waals surface area contributed by atoms with Gasteiger partial charge in [0.2, 0.25) is 0 Å². The molecular weight excluding hydrogens is 277 g/mol. The van der Waals surface area contributed by atoms with Gasteiger partial charge in [0, 0.05) is 24.1 Å². The molecule has 0 unspecified atom stereocenters. The van der Waals surface area contributed by atoms with Crippen LogP contribution in [0.3, 0.4) is 0 Å². The number of hydrogen-bond acceptors (Lipinski definition) is 2. The molecular formula is C16H17F3N2. The average Bonchev–Trinajstić information content (AvgIpc) is 2.46. The molecule has 0 aliphatic carbocycles. The quantitative estimate of drug-likeness (QED) is 0.837. The van der Waals surface area contributed by atoms with Gasteiger partial charge in [-0.05, 0) is 42.3 Å². The van der Waals surface area contributed by atoms with Crippen LogP contribution in [0.4, 0.5) is 30.2 Å². The Morgan fingerprint density at radius 3 is 2.10 bits per heavy atom. The van der Waals surface area contributed by atoms with Crippen molar-refractivity contribution >= 4 is 17.1 Å². The van der Waals surface area contributed by atoms with Gasteiger partial charge in [-0.2, -0.15) is 13.2 Å². The van der Waals surface area contributed by atoms with Crippen LogP contribution in [0.15, 0.2) is 42.5 Å². The molecule has 0 saturated carbocycles. The summed E-state index contributed by atoms with van der Waals surface area (Å²) < 4.78 is 38.7. The fraction of sp³-hybridized carbons (Fsp3) is 0.250. The van der Waals surface area contributed by atoms with Crippen LogP contribution >= 0.6 is 0 Å². The van der Waals surface area contributed by atoms with Crippen molar-refractivity contribution in [2.24, 2.45) is 0 Å². The zero-order valence-electron chi connectivity index (χ0n) is 11.9. The minimum atomic E-state index is -4.45. The lowest BCUT2D eigenvalue weighted by Crippen LogP contribution is -2.13. The topological polar surface area (TPSA) is 29.3 Å². The molecule has 2 nitrogen and oxygen atoms in total. The Balaban J connectivity index is 2.36. The molecule has 0 fully saturated rings. The molecule has 0 aliphatic rings. The lowest BCUT2D eigenvalue weighted by molar-refractivity contribution is -0.136. The Labute approximate surface area is 122 Å². The Morgan fingerprint density at radius 2 is 1.57 bits per heavy atom. The van der Waals surface area contributed by atoms with Gasteiger partial charge in [0.25, 0.3) is 0 Å². The van der Waals surface area contributed by atoms with Gasteiger partial charge in [0.1, 0.15) is 0 Å². The highest BCUT2D eigenvalue weighted by atomic mass is 19.4. The van der Waals surface area contributed by atoms with Gasteiger partial charge < -0.3 is 10.6 Å². The minimum Gasteiger partial charge on any atom is -0.398 e. The SMILES string of the molecule is CCc1ccc(N(C)c2ccc(N)c(C(F)(F)F)c2)cc1. The first-order valence-corrected chi connectivity index (χ1v) is 6.62. The lowest BCUT2D eigenvalue weighted by atomic mass is 10.1. The molecule has 21 heavy (non-hydrogen) atoms. The number of nitrogen functional groups attached to an aromatic ring is 1. The first-order valence-electron chi connectivity index (χ1n) is 6.62. The third-order valence-electron chi connectivity index (χ3n) is 3.46. The van der Waals surface area contributed by atoms with E-state index in [1.165, 1.54) is 11.6 Å². The molecule has 0 aromatic heterocycles. The second kappa shape index (κ2) is 5.68. The summed E-state index contributed by atoms with van der Waals surface area (Å²) in [6.07, 6.45) is -3.53. The normalized spacial score (nSPS) is 11.5. The maximum atomic E-state index is 12.9. The number of alkyl halides is 3. The van der Waals surface area contributed by atoms with Crippen LogP contribution in [-0.2, 0) is 12.6 Å². The van der Waals surface area contributed by atoms with E-state index in [-0.39, 0.29) is 5.69 Å². The number of halogens is 3. The predicted octanol–water partition coefficient (Wildman–Crippen LogP) is 4.62. The van der Waals surface area contributed by atoms with Gasteiger partial charge in [-0.3, -0.25) is 0 Å². The Kier molecular flexibility index (Phi) is 4.11. The first kappa shape index (κ1) is 15.2. The van der Waals surface area contributed by atoms with Gasteiger partial charge in [0.05, 0.1) is 5.56 Å². The largest absolute Gasteiger partial charge is 0.418 e. The molecule has 0 spiro atoms. The lowest BCUT2D eigenvalue weighted by Gasteiger charge is -2.21. The first-order chi connectivity index (χ1) is 9.82. The molecule has 0 amide bonds. The number of anilines is 3. The molecule has 112 valence electrons. The van der Waals surface area contributed by atoms with Crippen molar-refractivity contribution in [2.45, 2.75) is 19.5 Å².